The Morgan fingerprint density at radius 1 is 1.28 bits per heavy atom. The molecule has 1 aliphatic heterocycles. The Kier molecular flexibility index (Phi) is 6.64. The summed E-state index contributed by atoms with van der Waals surface area (Å²) in [5, 5.41) is 7.91. The first-order valence-corrected chi connectivity index (χ1v) is 10.1. The minimum Gasteiger partial charge on any atom is -0.481 e. The van der Waals surface area contributed by atoms with Crippen molar-refractivity contribution < 1.29 is 18.3 Å². The van der Waals surface area contributed by atoms with Crippen LogP contribution in [0.2, 0.25) is 0 Å². The Morgan fingerprint density at radius 2 is 2.00 bits per heavy atom. The van der Waals surface area contributed by atoms with Crippen molar-refractivity contribution in [3.8, 4) is 16.3 Å². The van der Waals surface area contributed by atoms with Gasteiger partial charge in [0.2, 0.25) is 6.41 Å². The minimum absolute atomic E-state index is 0.131. The number of hydrogen-bond acceptors (Lipinski definition) is 4. The summed E-state index contributed by atoms with van der Waals surface area (Å²) in [5.41, 5.74) is 4.17. The van der Waals surface area contributed by atoms with E-state index in [2.05, 4.69) is 30.3 Å². The Labute approximate surface area is 172 Å². The van der Waals surface area contributed by atoms with Crippen molar-refractivity contribution in [2.24, 2.45) is 0 Å². The van der Waals surface area contributed by atoms with Crippen LogP contribution in [0.3, 0.4) is 0 Å². The molecule has 0 radical (unpaired) electrons. The molecule has 3 heterocycles. The first-order chi connectivity index (χ1) is 13.9. The molecule has 0 spiro atoms. The van der Waals surface area contributed by atoms with Crippen molar-refractivity contribution in [3.63, 3.8) is 0 Å². The first-order valence-electron chi connectivity index (χ1n) is 9.28. The predicted molar refractivity (Wildman–Crippen MR) is 109 cm³/mol. The van der Waals surface area contributed by atoms with Crippen LogP contribution in [-0.4, -0.2) is 28.8 Å². The van der Waals surface area contributed by atoms with Crippen LogP contribution in [0.1, 0.15) is 22.9 Å². The Hall–Kier alpha value is -2.74. The number of hydrogen-bond donors (Lipinski definition) is 1. The van der Waals surface area contributed by atoms with Crippen LogP contribution < -0.4 is 10.1 Å². The summed E-state index contributed by atoms with van der Waals surface area (Å²) in [4.78, 5) is 11.4. The van der Waals surface area contributed by atoms with E-state index in [9.17, 15) is 13.6 Å². The molecule has 8 heteroatoms. The van der Waals surface area contributed by atoms with E-state index in [0.717, 1.165) is 17.7 Å². The SMILES string of the molecule is CC(Cc1cc(F)cc(F)c1)NC=O.Cc1cc2c(s1)OCCn1ncc(C)c1-2. The molecular formula is C21H23F2N3O2S. The van der Waals surface area contributed by atoms with Gasteiger partial charge in [0, 0.05) is 17.0 Å². The van der Waals surface area contributed by atoms with E-state index in [1.165, 1.54) is 33.8 Å². The first kappa shape index (κ1) is 21.0. The molecule has 0 bridgehead atoms. The van der Waals surface area contributed by atoms with Gasteiger partial charge in [-0.3, -0.25) is 9.48 Å². The molecule has 1 N–H and O–H groups in total. The summed E-state index contributed by atoms with van der Waals surface area (Å²) in [7, 11) is 0. The van der Waals surface area contributed by atoms with E-state index in [-0.39, 0.29) is 6.04 Å². The van der Waals surface area contributed by atoms with Gasteiger partial charge in [-0.2, -0.15) is 5.10 Å². The molecule has 1 unspecified atom stereocenters. The molecule has 1 atom stereocenters. The van der Waals surface area contributed by atoms with Gasteiger partial charge < -0.3 is 10.1 Å². The summed E-state index contributed by atoms with van der Waals surface area (Å²) in [6, 6.07) is 5.39. The van der Waals surface area contributed by atoms with Gasteiger partial charge in [-0.25, -0.2) is 8.78 Å². The lowest BCUT2D eigenvalue weighted by atomic mass is 10.1. The summed E-state index contributed by atoms with van der Waals surface area (Å²) < 4.78 is 33.2. The molecular weight excluding hydrogens is 396 g/mol. The number of carbonyl (C=O) groups excluding carboxylic acids is 1. The number of aromatic nitrogens is 2. The van der Waals surface area contributed by atoms with Gasteiger partial charge in [-0.05, 0) is 56.5 Å². The number of rotatable bonds is 4. The lowest BCUT2D eigenvalue weighted by Crippen LogP contribution is -2.26. The van der Waals surface area contributed by atoms with Gasteiger partial charge in [-0.1, -0.05) is 0 Å². The second kappa shape index (κ2) is 9.17. The lowest BCUT2D eigenvalue weighted by molar-refractivity contribution is -0.110. The maximum atomic E-state index is 12.7. The number of halogens is 2. The van der Waals surface area contributed by atoms with E-state index in [4.69, 9.17) is 4.74 Å². The number of amides is 1. The average molecular weight is 419 g/mol. The fourth-order valence-corrected chi connectivity index (χ4v) is 4.12. The number of ether oxygens (including phenoxy) is 1. The molecule has 1 aliphatic rings. The highest BCUT2D eigenvalue weighted by Crippen LogP contribution is 2.40. The highest BCUT2D eigenvalue weighted by Gasteiger charge is 2.20. The molecule has 154 valence electrons. The van der Waals surface area contributed by atoms with Gasteiger partial charge >= 0.3 is 0 Å². The smallest absolute Gasteiger partial charge is 0.207 e. The second-order valence-corrected chi connectivity index (χ2v) is 8.19. The van der Waals surface area contributed by atoms with Crippen molar-refractivity contribution >= 4 is 17.7 Å². The van der Waals surface area contributed by atoms with Gasteiger partial charge in [0.25, 0.3) is 0 Å². The van der Waals surface area contributed by atoms with Gasteiger partial charge in [0.15, 0.2) is 5.06 Å². The van der Waals surface area contributed by atoms with Crippen LogP contribution in [-0.2, 0) is 17.8 Å². The number of aryl methyl sites for hydroxylation is 2. The van der Waals surface area contributed by atoms with Crippen molar-refractivity contribution in [2.75, 3.05) is 6.61 Å². The third kappa shape index (κ3) is 5.20. The molecule has 1 aromatic carbocycles. The molecule has 29 heavy (non-hydrogen) atoms. The zero-order valence-electron chi connectivity index (χ0n) is 16.5. The molecule has 4 rings (SSSR count). The van der Waals surface area contributed by atoms with Gasteiger partial charge in [0.05, 0.1) is 24.0 Å². The molecule has 2 aromatic heterocycles. The third-order valence-corrected chi connectivity index (χ3v) is 5.41. The van der Waals surface area contributed by atoms with Gasteiger partial charge in [0.1, 0.15) is 18.2 Å². The predicted octanol–water partition coefficient (Wildman–Crippen LogP) is 4.26. The largest absolute Gasteiger partial charge is 0.481 e. The average Bonchev–Trinajstić information content (AvgIpc) is 3.12. The van der Waals surface area contributed by atoms with Crippen LogP contribution in [0.15, 0.2) is 30.5 Å². The van der Waals surface area contributed by atoms with Crippen molar-refractivity contribution in [1.82, 2.24) is 15.1 Å². The van der Waals surface area contributed by atoms with Crippen LogP contribution >= 0.6 is 11.3 Å². The molecule has 1 amide bonds. The van der Waals surface area contributed by atoms with E-state index in [1.807, 2.05) is 10.9 Å². The normalized spacial score (nSPS) is 13.1. The number of nitrogens with one attached hydrogen (secondary N) is 1. The fraction of sp³-hybridized carbons (Fsp3) is 0.333. The maximum Gasteiger partial charge on any atom is 0.207 e. The monoisotopic (exact) mass is 419 g/mol. The Balaban J connectivity index is 0.000000166. The second-order valence-electron chi connectivity index (χ2n) is 6.97. The Morgan fingerprint density at radius 3 is 2.69 bits per heavy atom. The summed E-state index contributed by atoms with van der Waals surface area (Å²) in [6.45, 7) is 7.52. The zero-order valence-corrected chi connectivity index (χ0v) is 17.4. The van der Waals surface area contributed by atoms with Crippen LogP contribution in [0, 0.1) is 25.5 Å². The van der Waals surface area contributed by atoms with Crippen molar-refractivity contribution in [1.29, 1.82) is 0 Å². The summed E-state index contributed by atoms with van der Waals surface area (Å²) in [5.74, 6) is -1.20. The number of carbonyl (C=O) groups is 1. The molecule has 0 saturated carbocycles. The highest BCUT2D eigenvalue weighted by molar-refractivity contribution is 7.14. The molecule has 0 saturated heterocycles. The topological polar surface area (TPSA) is 56.1 Å². The van der Waals surface area contributed by atoms with Crippen molar-refractivity contribution in [2.45, 2.75) is 39.8 Å². The van der Waals surface area contributed by atoms with E-state index >= 15 is 0 Å². The van der Waals surface area contributed by atoms with Crippen LogP contribution in [0.5, 0.6) is 5.06 Å². The van der Waals surface area contributed by atoms with E-state index in [1.54, 1.807) is 18.3 Å². The van der Waals surface area contributed by atoms with Crippen molar-refractivity contribution in [3.05, 3.63) is 58.1 Å². The quantitative estimate of drug-likeness (QED) is 0.643. The summed E-state index contributed by atoms with van der Waals surface area (Å²) in [6.07, 6.45) is 2.91. The van der Waals surface area contributed by atoms with E-state index < -0.39 is 11.6 Å². The minimum atomic E-state index is -0.599. The maximum absolute atomic E-state index is 12.7. The standard InChI is InChI=1S/C11H12N2OS.C10H11F2NO/c1-7-6-12-13-3-4-14-11-9(10(7)13)5-8(2)15-11;1-7(13-6-14)2-8-3-9(11)5-10(12)4-8/h5-6H,3-4H2,1-2H3;3-7H,2H2,1H3,(H,13,14). The zero-order chi connectivity index (χ0) is 21.0. The molecule has 5 nitrogen and oxygen atoms in total. The third-order valence-electron chi connectivity index (χ3n) is 4.45. The number of thiophene rings is 1. The molecule has 0 aliphatic carbocycles. The Bertz CT molecular complexity index is 980. The fourth-order valence-electron chi connectivity index (χ4n) is 3.25. The molecule has 0 fully saturated rings. The number of fused-ring (bicyclic) bond motifs is 3. The van der Waals surface area contributed by atoms with Gasteiger partial charge in [-0.15, -0.1) is 11.3 Å². The number of nitrogens with zero attached hydrogens (tertiary/aromatic N) is 2. The van der Waals surface area contributed by atoms with Crippen LogP contribution in [0.4, 0.5) is 8.78 Å². The summed E-state index contributed by atoms with van der Waals surface area (Å²) >= 11 is 1.72. The lowest BCUT2D eigenvalue weighted by Gasteiger charge is -2.09. The molecule has 3 aromatic rings. The van der Waals surface area contributed by atoms with E-state index in [0.29, 0.717) is 25.0 Å². The highest BCUT2D eigenvalue weighted by atomic mass is 32.1. The number of benzene rings is 1. The van der Waals surface area contributed by atoms with Crippen LogP contribution in [0.25, 0.3) is 11.3 Å².